The first-order chi connectivity index (χ1) is 6.46. The Morgan fingerprint density at radius 1 is 1.57 bits per heavy atom. The van der Waals surface area contributed by atoms with E-state index in [-0.39, 0.29) is 17.7 Å². The van der Waals surface area contributed by atoms with Crippen LogP contribution in [0.3, 0.4) is 0 Å². The third kappa shape index (κ3) is 2.90. The lowest BCUT2D eigenvalue weighted by Crippen LogP contribution is -2.42. The maximum absolute atomic E-state index is 11.3. The fraction of sp³-hybridized carbons (Fsp3) is 0.875. The molecule has 0 aromatic carbocycles. The van der Waals surface area contributed by atoms with Crippen molar-refractivity contribution in [2.45, 2.75) is 32.2 Å². The van der Waals surface area contributed by atoms with Crippen LogP contribution in [0.15, 0.2) is 0 Å². The summed E-state index contributed by atoms with van der Waals surface area (Å²) < 4.78 is 25.3. The van der Waals surface area contributed by atoms with E-state index in [1.54, 1.807) is 6.92 Å². The van der Waals surface area contributed by atoms with Crippen LogP contribution >= 0.6 is 12.2 Å². The standard InChI is InChI=1S/C8H16N2O2S2/c1-2-14(11,12)10-7-5-3-4-6(7)8(9)13/h6-7,10H,2-5H2,1H3,(H2,9,13). The van der Waals surface area contributed by atoms with Gasteiger partial charge >= 0.3 is 0 Å². The predicted molar refractivity (Wildman–Crippen MR) is 60.5 cm³/mol. The Balaban J connectivity index is 2.65. The number of hydrogen-bond acceptors (Lipinski definition) is 3. The van der Waals surface area contributed by atoms with Gasteiger partial charge < -0.3 is 5.73 Å². The molecule has 4 nitrogen and oxygen atoms in total. The van der Waals surface area contributed by atoms with Gasteiger partial charge in [-0.3, -0.25) is 0 Å². The van der Waals surface area contributed by atoms with E-state index in [2.05, 4.69) is 4.72 Å². The summed E-state index contributed by atoms with van der Waals surface area (Å²) in [7, 11) is -3.13. The molecule has 3 N–H and O–H groups in total. The molecule has 1 aliphatic carbocycles. The van der Waals surface area contributed by atoms with Gasteiger partial charge in [0.1, 0.15) is 0 Å². The molecular weight excluding hydrogens is 220 g/mol. The maximum atomic E-state index is 11.3. The molecule has 0 saturated heterocycles. The summed E-state index contributed by atoms with van der Waals surface area (Å²) in [4.78, 5) is 0.423. The van der Waals surface area contributed by atoms with Gasteiger partial charge in [-0.2, -0.15) is 0 Å². The second-order valence-corrected chi connectivity index (χ2v) is 6.08. The topological polar surface area (TPSA) is 72.2 Å². The zero-order chi connectivity index (χ0) is 10.8. The monoisotopic (exact) mass is 236 g/mol. The van der Waals surface area contributed by atoms with Crippen molar-refractivity contribution in [2.75, 3.05) is 5.75 Å². The number of thiocarbonyl (C=S) groups is 1. The van der Waals surface area contributed by atoms with Gasteiger partial charge in [0, 0.05) is 12.0 Å². The smallest absolute Gasteiger partial charge is 0.211 e. The molecule has 0 aromatic rings. The Bertz CT molecular complexity index is 313. The highest BCUT2D eigenvalue weighted by atomic mass is 32.2. The molecule has 14 heavy (non-hydrogen) atoms. The quantitative estimate of drug-likeness (QED) is 0.692. The van der Waals surface area contributed by atoms with Crippen molar-refractivity contribution < 1.29 is 8.42 Å². The van der Waals surface area contributed by atoms with Crippen LogP contribution in [-0.4, -0.2) is 25.2 Å². The molecule has 0 aromatic heterocycles. The third-order valence-electron chi connectivity index (χ3n) is 2.59. The highest BCUT2D eigenvalue weighted by molar-refractivity contribution is 7.89. The molecule has 2 atom stereocenters. The molecule has 0 bridgehead atoms. The summed E-state index contributed by atoms with van der Waals surface area (Å²) in [5.41, 5.74) is 5.55. The van der Waals surface area contributed by atoms with Crippen LogP contribution in [0.2, 0.25) is 0 Å². The molecule has 0 spiro atoms. The summed E-state index contributed by atoms with van der Waals surface area (Å²) in [6.07, 6.45) is 2.71. The summed E-state index contributed by atoms with van der Waals surface area (Å²) in [5, 5.41) is 0. The molecule has 0 aliphatic heterocycles. The maximum Gasteiger partial charge on any atom is 0.211 e. The molecule has 1 rings (SSSR count). The molecule has 1 aliphatic rings. The van der Waals surface area contributed by atoms with Gasteiger partial charge in [0.15, 0.2) is 0 Å². The van der Waals surface area contributed by atoms with Crippen LogP contribution < -0.4 is 10.5 Å². The Kier molecular flexibility index (Phi) is 3.86. The molecule has 2 unspecified atom stereocenters. The van der Waals surface area contributed by atoms with E-state index in [9.17, 15) is 8.42 Å². The molecule has 82 valence electrons. The van der Waals surface area contributed by atoms with Gasteiger partial charge in [0.25, 0.3) is 0 Å². The molecule has 0 heterocycles. The first-order valence-electron chi connectivity index (χ1n) is 4.75. The SMILES string of the molecule is CCS(=O)(=O)NC1CCCC1C(N)=S. The first-order valence-corrected chi connectivity index (χ1v) is 6.81. The van der Waals surface area contributed by atoms with Gasteiger partial charge in [-0.1, -0.05) is 18.6 Å². The van der Waals surface area contributed by atoms with Crippen LogP contribution in [-0.2, 0) is 10.0 Å². The van der Waals surface area contributed by atoms with Gasteiger partial charge in [0.2, 0.25) is 10.0 Å². The van der Waals surface area contributed by atoms with Crippen LogP contribution in [0.5, 0.6) is 0 Å². The van der Waals surface area contributed by atoms with Crippen molar-refractivity contribution in [2.24, 2.45) is 11.7 Å². The highest BCUT2D eigenvalue weighted by Crippen LogP contribution is 2.26. The lowest BCUT2D eigenvalue weighted by molar-refractivity contribution is 0.526. The zero-order valence-electron chi connectivity index (χ0n) is 8.19. The highest BCUT2D eigenvalue weighted by Gasteiger charge is 2.31. The van der Waals surface area contributed by atoms with Crippen molar-refractivity contribution in [3.8, 4) is 0 Å². The first kappa shape index (κ1) is 11.9. The lowest BCUT2D eigenvalue weighted by Gasteiger charge is -2.19. The van der Waals surface area contributed by atoms with E-state index in [1.807, 2.05) is 0 Å². The molecular formula is C8H16N2O2S2. The zero-order valence-corrected chi connectivity index (χ0v) is 9.83. The minimum Gasteiger partial charge on any atom is -0.393 e. The molecule has 0 amide bonds. The van der Waals surface area contributed by atoms with Crippen molar-refractivity contribution >= 4 is 27.2 Å². The summed E-state index contributed by atoms with van der Waals surface area (Å²) in [6, 6.07) is -0.0857. The van der Waals surface area contributed by atoms with Crippen molar-refractivity contribution in [3.05, 3.63) is 0 Å². The fourth-order valence-electron chi connectivity index (χ4n) is 1.76. The van der Waals surface area contributed by atoms with Crippen LogP contribution in [0.4, 0.5) is 0 Å². The molecule has 1 saturated carbocycles. The van der Waals surface area contributed by atoms with Gasteiger partial charge in [-0.15, -0.1) is 0 Å². The number of hydrogen-bond donors (Lipinski definition) is 2. The fourth-order valence-corrected chi connectivity index (χ4v) is 2.95. The Hall–Kier alpha value is -0.200. The van der Waals surface area contributed by atoms with E-state index in [0.717, 1.165) is 19.3 Å². The van der Waals surface area contributed by atoms with Gasteiger partial charge in [-0.05, 0) is 19.8 Å². The van der Waals surface area contributed by atoms with Crippen LogP contribution in [0.1, 0.15) is 26.2 Å². The molecule has 1 fully saturated rings. The second-order valence-electron chi connectivity index (χ2n) is 3.57. The summed E-state index contributed by atoms with van der Waals surface area (Å²) in [5.74, 6) is 0.138. The second kappa shape index (κ2) is 4.55. The minimum atomic E-state index is -3.13. The van der Waals surface area contributed by atoms with Gasteiger partial charge in [-0.25, -0.2) is 13.1 Å². The minimum absolute atomic E-state index is 0.0336. The van der Waals surface area contributed by atoms with E-state index in [1.165, 1.54) is 0 Å². The van der Waals surface area contributed by atoms with E-state index in [4.69, 9.17) is 18.0 Å². The predicted octanol–water partition coefficient (Wildman–Crippen LogP) is 0.380. The number of sulfonamides is 1. The average molecular weight is 236 g/mol. The van der Waals surface area contributed by atoms with Gasteiger partial charge in [0.05, 0.1) is 10.7 Å². The lowest BCUT2D eigenvalue weighted by atomic mass is 10.1. The normalized spacial score (nSPS) is 27.8. The Morgan fingerprint density at radius 2 is 2.21 bits per heavy atom. The largest absolute Gasteiger partial charge is 0.393 e. The van der Waals surface area contributed by atoms with E-state index >= 15 is 0 Å². The van der Waals surface area contributed by atoms with Crippen molar-refractivity contribution in [1.82, 2.24) is 4.72 Å². The van der Waals surface area contributed by atoms with Crippen molar-refractivity contribution in [1.29, 1.82) is 0 Å². The van der Waals surface area contributed by atoms with Crippen LogP contribution in [0, 0.1) is 5.92 Å². The number of rotatable bonds is 4. The van der Waals surface area contributed by atoms with Crippen LogP contribution in [0.25, 0.3) is 0 Å². The third-order valence-corrected chi connectivity index (χ3v) is 4.32. The Labute approximate surface area is 90.3 Å². The molecule has 6 heteroatoms. The Morgan fingerprint density at radius 3 is 2.71 bits per heavy atom. The average Bonchev–Trinajstić information content (AvgIpc) is 2.51. The van der Waals surface area contributed by atoms with Crippen molar-refractivity contribution in [3.63, 3.8) is 0 Å². The number of nitrogens with one attached hydrogen (secondary N) is 1. The van der Waals surface area contributed by atoms with E-state index in [0.29, 0.717) is 4.99 Å². The summed E-state index contributed by atoms with van der Waals surface area (Å²) in [6.45, 7) is 1.62. The summed E-state index contributed by atoms with van der Waals surface area (Å²) >= 11 is 4.90. The van der Waals surface area contributed by atoms with E-state index < -0.39 is 10.0 Å². The number of nitrogens with two attached hydrogens (primary N) is 1. The molecule has 0 radical (unpaired) electrons.